The number of hydrogen-bond donors (Lipinski definition) is 2. The van der Waals surface area contributed by atoms with Crippen LogP contribution in [0.4, 0.5) is 10.5 Å². The summed E-state index contributed by atoms with van der Waals surface area (Å²) < 4.78 is 26.0. The number of carbonyl (C=O) groups excluding carboxylic acids is 2. The van der Waals surface area contributed by atoms with Crippen molar-refractivity contribution >= 4 is 27.6 Å². The molecule has 2 aromatic rings. The number of hydrogen-bond acceptors (Lipinski definition) is 5. The van der Waals surface area contributed by atoms with Crippen molar-refractivity contribution < 1.29 is 22.8 Å². The van der Waals surface area contributed by atoms with E-state index >= 15 is 0 Å². The highest BCUT2D eigenvalue weighted by Gasteiger charge is 2.31. The molecule has 0 spiro atoms. The fourth-order valence-corrected chi connectivity index (χ4v) is 3.28. The van der Waals surface area contributed by atoms with E-state index in [1.54, 1.807) is 25.1 Å². The molecule has 0 aliphatic rings. The van der Waals surface area contributed by atoms with Gasteiger partial charge in [-0.15, -0.1) is 4.47 Å². The van der Waals surface area contributed by atoms with Gasteiger partial charge >= 0.3 is 6.03 Å². The lowest BCUT2D eigenvalue weighted by Crippen LogP contribution is -2.37. The maximum Gasteiger partial charge on any atom is 0.318 e. The monoisotopic (exact) mass is 377 g/mol. The smallest absolute Gasteiger partial charge is 0.318 e. The number of nitrogens with one attached hydrogen (secondary N) is 2. The van der Waals surface area contributed by atoms with Crippen molar-refractivity contribution in [1.29, 1.82) is 0 Å². The van der Waals surface area contributed by atoms with Gasteiger partial charge in [0.25, 0.3) is 15.9 Å². The average Bonchev–Trinajstić information content (AvgIpc) is 2.66. The first kappa shape index (κ1) is 19.4. The van der Waals surface area contributed by atoms with Gasteiger partial charge in [-0.3, -0.25) is 9.63 Å². The zero-order valence-corrected chi connectivity index (χ0v) is 15.1. The van der Waals surface area contributed by atoms with E-state index in [-0.39, 0.29) is 17.1 Å². The number of nitrogens with zero attached hydrogens (tertiary/aromatic N) is 1. The Kier molecular flexibility index (Phi) is 6.31. The molecule has 0 aromatic heterocycles. The van der Waals surface area contributed by atoms with E-state index in [4.69, 9.17) is 4.84 Å². The first-order valence-corrected chi connectivity index (χ1v) is 9.20. The predicted molar refractivity (Wildman–Crippen MR) is 95.9 cm³/mol. The Morgan fingerprint density at radius 2 is 1.65 bits per heavy atom. The number of sulfonamides is 1. The van der Waals surface area contributed by atoms with Gasteiger partial charge in [0.1, 0.15) is 0 Å². The molecule has 138 valence electrons. The van der Waals surface area contributed by atoms with Crippen molar-refractivity contribution in [1.82, 2.24) is 9.79 Å². The van der Waals surface area contributed by atoms with Gasteiger partial charge in [-0.05, 0) is 43.3 Å². The van der Waals surface area contributed by atoms with Gasteiger partial charge in [-0.2, -0.15) is 8.42 Å². The fourth-order valence-electron chi connectivity index (χ4n) is 2.04. The van der Waals surface area contributed by atoms with Crippen LogP contribution in [0.5, 0.6) is 0 Å². The summed E-state index contributed by atoms with van der Waals surface area (Å²) in [6.07, 6.45) is 0. The molecule has 0 saturated carbocycles. The normalized spacial score (nSPS) is 10.8. The van der Waals surface area contributed by atoms with Crippen molar-refractivity contribution in [2.45, 2.75) is 11.8 Å². The van der Waals surface area contributed by atoms with E-state index in [2.05, 4.69) is 10.6 Å². The lowest BCUT2D eigenvalue weighted by Gasteiger charge is -2.21. The summed E-state index contributed by atoms with van der Waals surface area (Å²) in [5.41, 5.74) is 0.586. The van der Waals surface area contributed by atoms with Crippen LogP contribution >= 0.6 is 0 Å². The van der Waals surface area contributed by atoms with E-state index in [1.165, 1.54) is 43.4 Å². The lowest BCUT2D eigenvalue weighted by molar-refractivity contribution is -0.0535. The van der Waals surface area contributed by atoms with Gasteiger partial charge in [0, 0.05) is 18.3 Å². The van der Waals surface area contributed by atoms with Gasteiger partial charge in [0.05, 0.1) is 11.5 Å². The molecule has 26 heavy (non-hydrogen) atoms. The molecule has 0 fully saturated rings. The summed E-state index contributed by atoms with van der Waals surface area (Å²) in [4.78, 5) is 28.8. The van der Waals surface area contributed by atoms with Crippen LogP contribution in [0.3, 0.4) is 0 Å². The first-order valence-electron chi connectivity index (χ1n) is 7.76. The molecule has 0 atom stereocenters. The maximum absolute atomic E-state index is 12.8. The SMILES string of the molecule is CCON(C(=O)c1ccccc1)S(=O)(=O)c1ccc(NC(=O)NC)cc1. The summed E-state index contributed by atoms with van der Waals surface area (Å²) in [6.45, 7) is 1.57. The summed E-state index contributed by atoms with van der Waals surface area (Å²) in [6, 6.07) is 12.9. The van der Waals surface area contributed by atoms with Crippen LogP contribution < -0.4 is 10.6 Å². The lowest BCUT2D eigenvalue weighted by atomic mass is 10.2. The molecule has 0 saturated heterocycles. The number of urea groups is 1. The van der Waals surface area contributed by atoms with Crippen LogP contribution in [0.15, 0.2) is 59.5 Å². The molecular formula is C17H19N3O5S. The number of carbonyl (C=O) groups is 2. The second-order valence-corrected chi connectivity index (χ2v) is 6.80. The average molecular weight is 377 g/mol. The minimum Gasteiger partial charge on any atom is -0.341 e. The van der Waals surface area contributed by atoms with Crippen LogP contribution in [0, 0.1) is 0 Å². The zero-order valence-electron chi connectivity index (χ0n) is 14.3. The molecule has 0 aliphatic heterocycles. The molecule has 2 aromatic carbocycles. The Morgan fingerprint density at radius 1 is 1.04 bits per heavy atom. The minimum absolute atomic E-state index is 0.00584. The second kappa shape index (κ2) is 8.45. The van der Waals surface area contributed by atoms with Crippen molar-refractivity contribution in [3.8, 4) is 0 Å². The minimum atomic E-state index is -4.23. The Labute approximate surface area is 151 Å². The van der Waals surface area contributed by atoms with Crippen LogP contribution in [-0.4, -0.2) is 38.5 Å². The highest BCUT2D eigenvalue weighted by atomic mass is 32.2. The molecule has 9 heteroatoms. The molecule has 0 unspecified atom stereocenters. The molecule has 0 aliphatic carbocycles. The van der Waals surface area contributed by atoms with Crippen molar-refractivity contribution in [3.05, 3.63) is 60.2 Å². The Bertz CT molecular complexity index is 867. The molecular weight excluding hydrogens is 358 g/mol. The quantitative estimate of drug-likeness (QED) is 0.751. The van der Waals surface area contributed by atoms with Gasteiger partial charge in [0.2, 0.25) is 0 Å². The van der Waals surface area contributed by atoms with Crippen molar-refractivity contribution in [3.63, 3.8) is 0 Å². The number of hydroxylamine groups is 1. The molecule has 0 heterocycles. The molecule has 2 rings (SSSR count). The molecule has 2 N–H and O–H groups in total. The van der Waals surface area contributed by atoms with E-state index in [1.807, 2.05) is 0 Å². The van der Waals surface area contributed by atoms with E-state index in [0.29, 0.717) is 10.2 Å². The number of benzene rings is 2. The third-order valence-electron chi connectivity index (χ3n) is 3.29. The van der Waals surface area contributed by atoms with Gasteiger partial charge in [0.15, 0.2) is 0 Å². The van der Waals surface area contributed by atoms with E-state index in [0.717, 1.165) is 0 Å². The molecule has 0 bridgehead atoms. The Hall–Kier alpha value is -2.91. The standard InChI is InChI=1S/C17H19N3O5S/c1-3-25-20(16(21)13-7-5-4-6-8-13)26(23,24)15-11-9-14(10-12-15)19-17(22)18-2/h4-12H,3H2,1-2H3,(H2,18,19,22). The van der Waals surface area contributed by atoms with Gasteiger partial charge in [-0.25, -0.2) is 4.79 Å². The highest BCUT2D eigenvalue weighted by Crippen LogP contribution is 2.21. The summed E-state index contributed by atoms with van der Waals surface area (Å²) >= 11 is 0. The third kappa shape index (κ3) is 4.38. The molecule has 3 amide bonds. The number of amides is 3. The molecule has 8 nitrogen and oxygen atoms in total. The van der Waals surface area contributed by atoms with E-state index in [9.17, 15) is 18.0 Å². The zero-order chi connectivity index (χ0) is 19.2. The summed E-state index contributed by atoms with van der Waals surface area (Å²) in [5, 5.41) is 4.90. The van der Waals surface area contributed by atoms with Crippen LogP contribution in [-0.2, 0) is 14.9 Å². The topological polar surface area (TPSA) is 105 Å². The largest absolute Gasteiger partial charge is 0.341 e. The van der Waals surface area contributed by atoms with Gasteiger partial charge in [-0.1, -0.05) is 18.2 Å². The van der Waals surface area contributed by atoms with E-state index < -0.39 is 22.0 Å². The summed E-state index contributed by atoms with van der Waals surface area (Å²) in [7, 11) is -2.77. The first-order chi connectivity index (χ1) is 12.4. The fraction of sp³-hybridized carbons (Fsp3) is 0.176. The molecule has 0 radical (unpaired) electrons. The van der Waals surface area contributed by atoms with Gasteiger partial charge < -0.3 is 10.6 Å². The van der Waals surface area contributed by atoms with Crippen LogP contribution in [0.1, 0.15) is 17.3 Å². The Balaban J connectivity index is 2.32. The third-order valence-corrected chi connectivity index (χ3v) is 4.86. The predicted octanol–water partition coefficient (Wildman–Crippen LogP) is 2.22. The highest BCUT2D eigenvalue weighted by molar-refractivity contribution is 7.89. The van der Waals surface area contributed by atoms with Crippen molar-refractivity contribution in [2.75, 3.05) is 19.0 Å². The number of anilines is 1. The van der Waals surface area contributed by atoms with Crippen LogP contribution in [0.2, 0.25) is 0 Å². The van der Waals surface area contributed by atoms with Crippen molar-refractivity contribution in [2.24, 2.45) is 0 Å². The summed E-state index contributed by atoms with van der Waals surface area (Å²) in [5.74, 6) is -0.792. The number of rotatable bonds is 6. The second-order valence-electron chi connectivity index (χ2n) is 5.05. The van der Waals surface area contributed by atoms with Crippen LogP contribution in [0.25, 0.3) is 0 Å². The maximum atomic E-state index is 12.8. The Morgan fingerprint density at radius 3 is 2.19 bits per heavy atom.